The zero-order chi connectivity index (χ0) is 33.4. The minimum Gasteiger partial charge on any atom is -0.481 e. The quantitative estimate of drug-likeness (QED) is 0.0556. The Hall–Kier alpha value is -4.20. The number of amides is 5. The number of carboxylic acids is 1. The Bertz CT molecular complexity index is 1210. The lowest BCUT2D eigenvalue weighted by molar-refractivity contribution is -0.146. The van der Waals surface area contributed by atoms with Gasteiger partial charge >= 0.3 is 5.97 Å². The number of halogens is 1. The Morgan fingerprint density at radius 2 is 1.69 bits per heavy atom. The van der Waals surface area contributed by atoms with Crippen LogP contribution < -0.4 is 27.4 Å². The monoisotopic (exact) mass is 649 g/mol. The van der Waals surface area contributed by atoms with Gasteiger partial charge in [-0.25, -0.2) is 0 Å². The van der Waals surface area contributed by atoms with Crippen molar-refractivity contribution in [2.75, 3.05) is 19.0 Å². The topological polar surface area (TPSA) is 226 Å². The number of hydrogen-bond donors (Lipinski definition) is 6. The number of carbonyl (C=O) groups is 6. The number of amidine groups is 1. The van der Waals surface area contributed by atoms with Crippen LogP contribution in [-0.2, 0) is 35.2 Å². The summed E-state index contributed by atoms with van der Waals surface area (Å²) in [6, 6.07) is 5.50. The van der Waals surface area contributed by atoms with Gasteiger partial charge in [0, 0.05) is 32.0 Å². The van der Waals surface area contributed by atoms with Gasteiger partial charge in [0.05, 0.1) is 5.84 Å². The SMILES string of the molecule is CC(N)=NCCC[C@H](NC(=O)C[C@H](Cc1ccccc1)NC(=O)[C@@H]1CCCCN1C(=O)[C@H](CCC(=O)O)NC(=O)CCl)C(N)=O. The molecule has 0 bridgehead atoms. The Balaban J connectivity index is 2.20. The molecule has 4 atom stereocenters. The fourth-order valence-corrected chi connectivity index (χ4v) is 5.19. The van der Waals surface area contributed by atoms with Gasteiger partial charge in [-0.2, -0.15) is 0 Å². The van der Waals surface area contributed by atoms with Crippen LogP contribution in [0.25, 0.3) is 0 Å². The number of nitrogens with two attached hydrogens (primary N) is 2. The summed E-state index contributed by atoms with van der Waals surface area (Å²) >= 11 is 5.60. The normalized spacial score (nSPS) is 17.0. The molecule has 1 aliphatic heterocycles. The van der Waals surface area contributed by atoms with Crippen molar-refractivity contribution >= 4 is 52.9 Å². The van der Waals surface area contributed by atoms with Gasteiger partial charge in [0.25, 0.3) is 0 Å². The van der Waals surface area contributed by atoms with Gasteiger partial charge in [-0.15, -0.1) is 11.6 Å². The van der Waals surface area contributed by atoms with Crippen LogP contribution in [0.5, 0.6) is 0 Å². The van der Waals surface area contributed by atoms with Crippen LogP contribution in [0.4, 0.5) is 0 Å². The number of benzene rings is 1. The summed E-state index contributed by atoms with van der Waals surface area (Å²) < 4.78 is 0. The first-order valence-electron chi connectivity index (χ1n) is 15.0. The maximum atomic E-state index is 13.7. The molecule has 45 heavy (non-hydrogen) atoms. The highest BCUT2D eigenvalue weighted by atomic mass is 35.5. The largest absolute Gasteiger partial charge is 0.481 e. The van der Waals surface area contributed by atoms with E-state index in [0.717, 1.165) is 5.56 Å². The third-order valence-electron chi connectivity index (χ3n) is 7.28. The number of piperidine rings is 1. The molecule has 1 heterocycles. The highest BCUT2D eigenvalue weighted by Crippen LogP contribution is 2.20. The molecule has 15 heteroatoms. The first-order chi connectivity index (χ1) is 21.4. The molecular weight excluding hydrogens is 606 g/mol. The number of hydrogen-bond acceptors (Lipinski definition) is 7. The van der Waals surface area contributed by atoms with E-state index < -0.39 is 65.6 Å². The second-order valence-corrected chi connectivity index (χ2v) is 11.3. The van der Waals surface area contributed by atoms with Gasteiger partial charge in [-0.1, -0.05) is 30.3 Å². The maximum absolute atomic E-state index is 13.7. The highest BCUT2D eigenvalue weighted by Gasteiger charge is 2.37. The highest BCUT2D eigenvalue weighted by molar-refractivity contribution is 6.27. The zero-order valence-electron chi connectivity index (χ0n) is 25.5. The van der Waals surface area contributed by atoms with Gasteiger partial charge in [0.1, 0.15) is 24.0 Å². The molecule has 0 aromatic heterocycles. The Labute approximate surface area is 267 Å². The minimum absolute atomic E-state index is 0.168. The van der Waals surface area contributed by atoms with Crippen LogP contribution in [0.1, 0.15) is 63.9 Å². The fraction of sp³-hybridized carbons (Fsp3) is 0.567. The molecule has 1 aliphatic rings. The molecule has 1 aromatic carbocycles. The summed E-state index contributed by atoms with van der Waals surface area (Å²) in [5, 5.41) is 17.2. The van der Waals surface area contributed by atoms with Crippen LogP contribution in [0.2, 0.25) is 0 Å². The third kappa shape index (κ3) is 13.5. The number of nitrogens with zero attached hydrogens (tertiary/aromatic N) is 2. The molecule has 0 radical (unpaired) electrons. The Morgan fingerprint density at radius 1 is 1.00 bits per heavy atom. The van der Waals surface area contributed by atoms with Crippen molar-refractivity contribution in [2.24, 2.45) is 16.5 Å². The van der Waals surface area contributed by atoms with Crippen LogP contribution in [-0.4, -0.2) is 94.5 Å². The molecule has 1 fully saturated rings. The minimum atomic E-state index is -1.17. The molecule has 0 saturated carbocycles. The van der Waals surface area contributed by atoms with Gasteiger partial charge in [0.2, 0.25) is 29.5 Å². The molecule has 14 nitrogen and oxygen atoms in total. The van der Waals surface area contributed by atoms with Gasteiger partial charge in [0.15, 0.2) is 0 Å². The summed E-state index contributed by atoms with van der Waals surface area (Å²) in [5.41, 5.74) is 11.9. The maximum Gasteiger partial charge on any atom is 0.303 e. The molecule has 2 rings (SSSR count). The zero-order valence-corrected chi connectivity index (χ0v) is 26.3. The van der Waals surface area contributed by atoms with Crippen molar-refractivity contribution in [2.45, 2.75) is 88.9 Å². The fourth-order valence-electron chi connectivity index (χ4n) is 5.11. The van der Waals surface area contributed by atoms with Crippen LogP contribution in [0, 0.1) is 0 Å². The van der Waals surface area contributed by atoms with E-state index in [4.69, 9.17) is 28.2 Å². The molecule has 0 spiro atoms. The van der Waals surface area contributed by atoms with Crippen molar-refractivity contribution in [1.29, 1.82) is 0 Å². The summed E-state index contributed by atoms with van der Waals surface area (Å²) in [7, 11) is 0. The Kier molecular flexibility index (Phi) is 15.8. The molecule has 5 amide bonds. The predicted molar refractivity (Wildman–Crippen MR) is 168 cm³/mol. The first kappa shape index (κ1) is 37.0. The average molecular weight is 650 g/mol. The lowest BCUT2D eigenvalue weighted by Gasteiger charge is -2.37. The van der Waals surface area contributed by atoms with Gasteiger partial charge < -0.3 is 37.4 Å². The number of nitrogens with one attached hydrogen (secondary N) is 3. The first-order valence-corrected chi connectivity index (χ1v) is 15.5. The van der Waals surface area contributed by atoms with E-state index in [0.29, 0.717) is 44.5 Å². The second-order valence-electron chi connectivity index (χ2n) is 11.0. The summed E-state index contributed by atoms with van der Waals surface area (Å²) in [5.74, 6) is -4.04. The number of aliphatic carboxylic acids is 1. The number of aliphatic imine (C=N–C) groups is 1. The van der Waals surface area contributed by atoms with Crippen LogP contribution in [0.3, 0.4) is 0 Å². The predicted octanol–water partition coefficient (Wildman–Crippen LogP) is 0.201. The Morgan fingerprint density at radius 3 is 2.31 bits per heavy atom. The molecule has 1 saturated heterocycles. The molecule has 1 aromatic rings. The molecule has 0 unspecified atom stereocenters. The summed E-state index contributed by atoms with van der Waals surface area (Å²) in [6.07, 6.45) is 1.93. The van der Waals surface area contributed by atoms with E-state index in [-0.39, 0.29) is 32.2 Å². The molecule has 248 valence electrons. The number of rotatable bonds is 18. The molecule has 8 N–H and O–H groups in total. The summed E-state index contributed by atoms with van der Waals surface area (Å²) in [4.78, 5) is 80.9. The van der Waals surface area contributed by atoms with E-state index in [9.17, 15) is 28.8 Å². The number of carbonyl (C=O) groups excluding carboxylic acids is 5. The van der Waals surface area contributed by atoms with E-state index in [1.165, 1.54) is 4.90 Å². The van der Waals surface area contributed by atoms with Gasteiger partial charge in [-0.05, 0) is 57.4 Å². The van der Waals surface area contributed by atoms with E-state index in [1.807, 2.05) is 30.3 Å². The second kappa shape index (κ2) is 19.2. The van der Waals surface area contributed by atoms with E-state index >= 15 is 0 Å². The van der Waals surface area contributed by atoms with Crippen molar-refractivity contribution in [3.05, 3.63) is 35.9 Å². The van der Waals surface area contributed by atoms with Crippen molar-refractivity contribution < 1.29 is 33.9 Å². The molecule has 0 aliphatic carbocycles. The number of primary amides is 1. The van der Waals surface area contributed by atoms with Crippen LogP contribution >= 0.6 is 11.6 Å². The van der Waals surface area contributed by atoms with E-state index in [1.54, 1.807) is 6.92 Å². The number of carboxylic acid groups (broad SMARTS) is 1. The lowest BCUT2D eigenvalue weighted by Crippen LogP contribution is -2.59. The third-order valence-corrected chi connectivity index (χ3v) is 7.53. The van der Waals surface area contributed by atoms with Crippen molar-refractivity contribution in [3.63, 3.8) is 0 Å². The standard InChI is InChI=1S/C30H44ClN7O7/c1-19(32)34-14-7-10-22(28(33)43)36-25(39)17-21(16-20-8-3-2-4-9-20)35-29(44)24-11-5-6-15-38(24)30(45)23(12-13-27(41)42)37-26(40)18-31/h2-4,8-9,21-24H,5-7,10-18H2,1H3,(H2,32,34)(H2,33,43)(H,35,44)(H,36,39)(H,37,40)(H,41,42)/t21-,22-,23-,24-/m0/s1. The van der Waals surface area contributed by atoms with E-state index in [2.05, 4.69) is 20.9 Å². The van der Waals surface area contributed by atoms with Crippen molar-refractivity contribution in [1.82, 2.24) is 20.9 Å². The summed E-state index contributed by atoms with van der Waals surface area (Å²) in [6.45, 7) is 2.25. The smallest absolute Gasteiger partial charge is 0.303 e. The van der Waals surface area contributed by atoms with Gasteiger partial charge in [-0.3, -0.25) is 33.8 Å². The average Bonchev–Trinajstić information content (AvgIpc) is 3.00. The van der Waals surface area contributed by atoms with Crippen LogP contribution in [0.15, 0.2) is 35.3 Å². The number of alkyl halides is 1. The lowest BCUT2D eigenvalue weighted by atomic mass is 9.97. The number of likely N-dealkylation sites (tertiary alicyclic amines) is 1. The van der Waals surface area contributed by atoms with Crippen molar-refractivity contribution in [3.8, 4) is 0 Å². The molecular formula is C30H44ClN7O7.